The summed E-state index contributed by atoms with van der Waals surface area (Å²) in [4.78, 5) is 11.8. The first-order valence-corrected chi connectivity index (χ1v) is 6.26. The number of halogens is 1. The predicted octanol–water partition coefficient (Wildman–Crippen LogP) is 1.87. The van der Waals surface area contributed by atoms with Gasteiger partial charge in [-0.15, -0.1) is 0 Å². The number of carbonyl (C=O) groups is 1. The zero-order chi connectivity index (χ0) is 14.5. The van der Waals surface area contributed by atoms with Crippen LogP contribution < -0.4 is 10.1 Å². The fourth-order valence-corrected chi connectivity index (χ4v) is 1.32. The molecule has 0 radical (unpaired) electrons. The van der Waals surface area contributed by atoms with Crippen molar-refractivity contribution in [2.75, 3.05) is 6.54 Å². The maximum absolute atomic E-state index is 12.7. The van der Waals surface area contributed by atoms with Crippen LogP contribution in [0.5, 0.6) is 5.75 Å². The minimum atomic E-state index is -0.925. The molecule has 0 aliphatic carbocycles. The molecule has 0 aromatic heterocycles. The largest absolute Gasteiger partial charge is 0.481 e. The van der Waals surface area contributed by atoms with E-state index in [-0.39, 0.29) is 18.3 Å². The van der Waals surface area contributed by atoms with E-state index in [0.717, 1.165) is 0 Å². The van der Waals surface area contributed by atoms with Crippen LogP contribution in [0.4, 0.5) is 4.39 Å². The molecule has 0 bridgehead atoms. The van der Waals surface area contributed by atoms with Crippen LogP contribution >= 0.6 is 0 Å². The number of aliphatic hydroxyl groups is 1. The van der Waals surface area contributed by atoms with Crippen LogP contribution in [0.3, 0.4) is 0 Å². The quantitative estimate of drug-likeness (QED) is 0.829. The molecule has 1 rings (SSSR count). The summed E-state index contributed by atoms with van der Waals surface area (Å²) in [5, 5.41) is 12.4. The van der Waals surface area contributed by atoms with Crippen molar-refractivity contribution in [2.24, 2.45) is 0 Å². The molecular formula is C14H20FNO3. The van der Waals surface area contributed by atoms with Gasteiger partial charge >= 0.3 is 0 Å². The molecule has 0 heterocycles. The van der Waals surface area contributed by atoms with Gasteiger partial charge in [-0.1, -0.05) is 6.92 Å². The van der Waals surface area contributed by atoms with Gasteiger partial charge < -0.3 is 15.2 Å². The summed E-state index contributed by atoms with van der Waals surface area (Å²) in [7, 11) is 0. The lowest BCUT2D eigenvalue weighted by Gasteiger charge is -2.23. The highest BCUT2D eigenvalue weighted by atomic mass is 19.1. The Labute approximate surface area is 112 Å². The van der Waals surface area contributed by atoms with Crippen molar-refractivity contribution in [3.63, 3.8) is 0 Å². The van der Waals surface area contributed by atoms with Crippen molar-refractivity contribution in [3.8, 4) is 5.75 Å². The smallest absolute Gasteiger partial charge is 0.260 e. The number of hydrogen-bond acceptors (Lipinski definition) is 3. The van der Waals surface area contributed by atoms with Crippen molar-refractivity contribution in [1.82, 2.24) is 5.32 Å². The predicted molar refractivity (Wildman–Crippen MR) is 70.4 cm³/mol. The third-order valence-electron chi connectivity index (χ3n) is 2.90. The Bertz CT molecular complexity index is 417. The third kappa shape index (κ3) is 5.26. The van der Waals surface area contributed by atoms with E-state index < -0.39 is 11.7 Å². The molecule has 4 nitrogen and oxygen atoms in total. The monoisotopic (exact) mass is 269 g/mol. The van der Waals surface area contributed by atoms with Crippen molar-refractivity contribution >= 4 is 5.91 Å². The number of rotatable bonds is 6. The SMILES string of the molecule is CCC(C)(O)CNC(=O)C(C)Oc1ccc(F)cc1. The van der Waals surface area contributed by atoms with E-state index in [0.29, 0.717) is 12.2 Å². The Morgan fingerprint density at radius 1 is 1.47 bits per heavy atom. The Morgan fingerprint density at radius 3 is 2.58 bits per heavy atom. The van der Waals surface area contributed by atoms with Crippen LogP contribution in [-0.4, -0.2) is 29.3 Å². The summed E-state index contributed by atoms with van der Waals surface area (Å²) in [5.74, 6) is -0.257. The Hall–Kier alpha value is -1.62. The molecule has 1 aromatic carbocycles. The standard InChI is InChI=1S/C14H20FNO3/c1-4-14(3,18)9-16-13(17)10(2)19-12-7-5-11(15)6-8-12/h5-8,10,18H,4,9H2,1-3H3,(H,16,17). The van der Waals surface area contributed by atoms with E-state index in [1.165, 1.54) is 24.3 Å². The van der Waals surface area contributed by atoms with Crippen LogP contribution in [0.2, 0.25) is 0 Å². The number of ether oxygens (including phenoxy) is 1. The van der Waals surface area contributed by atoms with Crippen LogP contribution in [0, 0.1) is 5.82 Å². The van der Waals surface area contributed by atoms with Crippen LogP contribution in [0.25, 0.3) is 0 Å². The second-order valence-corrected chi connectivity index (χ2v) is 4.78. The fraction of sp³-hybridized carbons (Fsp3) is 0.500. The van der Waals surface area contributed by atoms with E-state index in [9.17, 15) is 14.3 Å². The molecular weight excluding hydrogens is 249 g/mol. The first kappa shape index (κ1) is 15.4. The lowest BCUT2D eigenvalue weighted by Crippen LogP contribution is -2.44. The minimum absolute atomic E-state index is 0.166. The molecule has 19 heavy (non-hydrogen) atoms. The van der Waals surface area contributed by atoms with Gasteiger partial charge in [0.2, 0.25) is 0 Å². The zero-order valence-corrected chi connectivity index (χ0v) is 11.4. The molecule has 0 spiro atoms. The first-order chi connectivity index (χ1) is 8.84. The molecule has 0 aliphatic rings. The highest BCUT2D eigenvalue weighted by Crippen LogP contribution is 2.13. The third-order valence-corrected chi connectivity index (χ3v) is 2.90. The van der Waals surface area contributed by atoms with Crippen LogP contribution in [-0.2, 0) is 4.79 Å². The van der Waals surface area contributed by atoms with E-state index in [4.69, 9.17) is 4.74 Å². The molecule has 2 atom stereocenters. The summed E-state index contributed by atoms with van der Waals surface area (Å²) in [6, 6.07) is 5.45. The lowest BCUT2D eigenvalue weighted by atomic mass is 10.0. The zero-order valence-electron chi connectivity index (χ0n) is 11.4. The van der Waals surface area contributed by atoms with Gasteiger partial charge in [0.1, 0.15) is 11.6 Å². The van der Waals surface area contributed by atoms with Gasteiger partial charge in [-0.05, 0) is 44.5 Å². The van der Waals surface area contributed by atoms with Gasteiger partial charge in [0, 0.05) is 6.54 Å². The summed E-state index contributed by atoms with van der Waals surface area (Å²) in [6.45, 7) is 5.25. The minimum Gasteiger partial charge on any atom is -0.481 e. The Balaban J connectivity index is 2.47. The highest BCUT2D eigenvalue weighted by Gasteiger charge is 2.21. The molecule has 1 aromatic rings. The first-order valence-electron chi connectivity index (χ1n) is 6.26. The van der Waals surface area contributed by atoms with Gasteiger partial charge in [-0.3, -0.25) is 4.79 Å². The van der Waals surface area contributed by atoms with E-state index in [1.807, 2.05) is 6.92 Å². The van der Waals surface area contributed by atoms with Gasteiger partial charge in [-0.2, -0.15) is 0 Å². The molecule has 0 saturated carbocycles. The van der Waals surface area contributed by atoms with Crippen molar-refractivity contribution in [3.05, 3.63) is 30.1 Å². The normalized spacial score (nSPS) is 15.4. The molecule has 1 amide bonds. The number of nitrogens with one attached hydrogen (secondary N) is 1. The van der Waals surface area contributed by atoms with Crippen molar-refractivity contribution in [2.45, 2.75) is 38.9 Å². The Morgan fingerprint density at radius 2 is 2.05 bits per heavy atom. The summed E-state index contributed by atoms with van der Waals surface area (Å²) in [5.41, 5.74) is -0.925. The van der Waals surface area contributed by atoms with Gasteiger partial charge in [0.25, 0.3) is 5.91 Å². The number of amides is 1. The summed E-state index contributed by atoms with van der Waals surface area (Å²) < 4.78 is 18.1. The van der Waals surface area contributed by atoms with Gasteiger partial charge in [0.15, 0.2) is 6.10 Å². The van der Waals surface area contributed by atoms with Crippen LogP contribution in [0.15, 0.2) is 24.3 Å². The van der Waals surface area contributed by atoms with E-state index in [1.54, 1.807) is 13.8 Å². The van der Waals surface area contributed by atoms with Crippen LogP contribution in [0.1, 0.15) is 27.2 Å². The van der Waals surface area contributed by atoms with Crippen molar-refractivity contribution < 1.29 is 19.0 Å². The molecule has 0 saturated heterocycles. The maximum atomic E-state index is 12.7. The summed E-state index contributed by atoms with van der Waals surface area (Å²) >= 11 is 0. The second-order valence-electron chi connectivity index (χ2n) is 4.78. The average molecular weight is 269 g/mol. The molecule has 2 unspecified atom stereocenters. The Kier molecular flexibility index (Phi) is 5.30. The van der Waals surface area contributed by atoms with E-state index >= 15 is 0 Å². The highest BCUT2D eigenvalue weighted by molar-refractivity contribution is 5.80. The molecule has 106 valence electrons. The molecule has 5 heteroatoms. The fourth-order valence-electron chi connectivity index (χ4n) is 1.32. The van der Waals surface area contributed by atoms with Gasteiger partial charge in [0.05, 0.1) is 5.60 Å². The summed E-state index contributed by atoms with van der Waals surface area (Å²) in [6.07, 6.45) is -0.168. The molecule has 0 aliphatic heterocycles. The van der Waals surface area contributed by atoms with Crippen molar-refractivity contribution in [1.29, 1.82) is 0 Å². The number of carbonyl (C=O) groups excluding carboxylic acids is 1. The topological polar surface area (TPSA) is 58.6 Å². The average Bonchev–Trinajstić information content (AvgIpc) is 2.38. The number of benzene rings is 1. The second kappa shape index (κ2) is 6.52. The molecule has 0 fully saturated rings. The van der Waals surface area contributed by atoms with E-state index in [2.05, 4.69) is 5.32 Å². The maximum Gasteiger partial charge on any atom is 0.260 e. The molecule has 2 N–H and O–H groups in total. The lowest BCUT2D eigenvalue weighted by molar-refractivity contribution is -0.128. The van der Waals surface area contributed by atoms with Gasteiger partial charge in [-0.25, -0.2) is 4.39 Å². The number of hydrogen-bond donors (Lipinski definition) is 2.